The van der Waals surface area contributed by atoms with Crippen LogP contribution in [0.1, 0.15) is 5.69 Å². The second-order valence-electron chi connectivity index (χ2n) is 4.95. The van der Waals surface area contributed by atoms with Crippen molar-refractivity contribution in [2.75, 3.05) is 11.8 Å². The Morgan fingerprint density at radius 1 is 1.32 bits per heavy atom. The Morgan fingerprint density at radius 2 is 2.08 bits per heavy atom. The number of hydrogen-bond acceptors (Lipinski definition) is 8. The molecule has 13 heteroatoms. The highest BCUT2D eigenvalue weighted by Crippen LogP contribution is 2.35. The van der Waals surface area contributed by atoms with E-state index in [2.05, 4.69) is 25.8 Å². The van der Waals surface area contributed by atoms with Crippen molar-refractivity contribution in [1.29, 1.82) is 0 Å². The van der Waals surface area contributed by atoms with Gasteiger partial charge >= 0.3 is 0 Å². The average Bonchev–Trinajstić information content (AvgIpc) is 3.08. The van der Waals surface area contributed by atoms with E-state index in [9.17, 15) is 8.42 Å². The number of rotatable bonds is 5. The lowest BCUT2D eigenvalue weighted by Crippen LogP contribution is -2.38. The Morgan fingerprint density at radius 3 is 2.68 bits per heavy atom. The van der Waals surface area contributed by atoms with Gasteiger partial charge in [-0.15, -0.1) is 21.6 Å². The fraction of sp³-hybridized carbons (Fsp3) is 0.167. The van der Waals surface area contributed by atoms with Crippen LogP contribution in [-0.4, -0.2) is 31.4 Å². The van der Waals surface area contributed by atoms with E-state index in [0.717, 1.165) is 11.3 Å². The zero-order valence-corrected chi connectivity index (χ0v) is 16.4. The first-order valence-corrected chi connectivity index (χ1v) is 10.1. The third-order valence-electron chi connectivity index (χ3n) is 3.04. The zero-order chi connectivity index (χ0) is 18.2. The van der Waals surface area contributed by atoms with Gasteiger partial charge in [0.2, 0.25) is 0 Å². The summed E-state index contributed by atoms with van der Waals surface area (Å²) in [6.45, 7) is 0. The maximum absolute atomic E-state index is 12.6. The van der Waals surface area contributed by atoms with Crippen molar-refractivity contribution in [2.24, 2.45) is 5.10 Å². The molecule has 0 atom stereocenters. The number of pyridine rings is 1. The predicted octanol–water partition coefficient (Wildman–Crippen LogP) is 2.71. The van der Waals surface area contributed by atoms with Gasteiger partial charge in [0.05, 0.1) is 27.8 Å². The number of anilines is 1. The largest absolute Gasteiger partial charge is 0.286 e. The first-order valence-electron chi connectivity index (χ1n) is 6.69. The summed E-state index contributed by atoms with van der Waals surface area (Å²) >= 11 is 18.5. The van der Waals surface area contributed by atoms with Crippen LogP contribution in [-0.2, 0) is 16.4 Å². The Kier molecular flexibility index (Phi) is 5.28. The minimum Gasteiger partial charge on any atom is -0.286 e. The minimum absolute atomic E-state index is 0.00819. The number of nitrogens with zero attached hydrogens (tertiary/aromatic N) is 3. The molecule has 0 aliphatic carbocycles. The number of amidine groups is 1. The molecule has 25 heavy (non-hydrogen) atoms. The summed E-state index contributed by atoms with van der Waals surface area (Å²) in [4.78, 5) is 4.19. The highest BCUT2D eigenvalue weighted by atomic mass is 35.5. The van der Waals surface area contributed by atoms with E-state index in [0.29, 0.717) is 16.6 Å². The van der Waals surface area contributed by atoms with Gasteiger partial charge in [0.1, 0.15) is 14.4 Å². The molecule has 1 aliphatic rings. The smallest absolute Gasteiger partial charge is 0.271 e. The van der Waals surface area contributed by atoms with E-state index in [1.807, 2.05) is 0 Å². The van der Waals surface area contributed by atoms with Gasteiger partial charge in [0.25, 0.3) is 10.0 Å². The second kappa shape index (κ2) is 7.14. The lowest BCUT2D eigenvalue weighted by Gasteiger charge is -2.12. The predicted molar refractivity (Wildman–Crippen MR) is 99.6 cm³/mol. The molecule has 134 valence electrons. The molecule has 3 heterocycles. The van der Waals surface area contributed by atoms with Crippen LogP contribution < -0.4 is 15.7 Å². The highest BCUT2D eigenvalue weighted by Gasteiger charge is 2.22. The maximum atomic E-state index is 12.6. The van der Waals surface area contributed by atoms with Gasteiger partial charge in [0, 0.05) is 13.2 Å². The molecule has 0 radical (unpaired) electrons. The molecular weight excluding hydrogens is 431 g/mol. The van der Waals surface area contributed by atoms with E-state index in [-0.39, 0.29) is 25.7 Å². The van der Waals surface area contributed by atoms with Crippen LogP contribution in [0.2, 0.25) is 14.4 Å². The summed E-state index contributed by atoms with van der Waals surface area (Å²) in [5, 5.41) is 6.06. The van der Waals surface area contributed by atoms with Gasteiger partial charge in [-0.1, -0.05) is 34.8 Å². The molecule has 0 saturated heterocycles. The molecule has 0 aromatic carbocycles. The van der Waals surface area contributed by atoms with Crippen LogP contribution in [0.25, 0.3) is 0 Å². The normalized spacial score (nSPS) is 14.8. The summed E-state index contributed by atoms with van der Waals surface area (Å²) in [6, 6.07) is 2.76. The molecule has 3 rings (SSSR count). The van der Waals surface area contributed by atoms with E-state index in [1.165, 1.54) is 18.3 Å². The SMILES string of the molecule is CN1NN=C(Cc2ncc(Cl)cc2NS(=O)(=O)c2cc(Cl)c(Cl)s2)N1. The Balaban J connectivity index is 1.89. The van der Waals surface area contributed by atoms with Crippen molar-refractivity contribution in [1.82, 2.24) is 21.1 Å². The summed E-state index contributed by atoms with van der Waals surface area (Å²) in [5.74, 6) is 0.569. The Hall–Kier alpha value is -1.30. The van der Waals surface area contributed by atoms with Crippen LogP contribution in [0.5, 0.6) is 0 Å². The molecule has 0 fully saturated rings. The Labute approximate surface area is 162 Å². The third kappa shape index (κ3) is 4.27. The molecule has 0 bridgehead atoms. The number of aromatic nitrogens is 1. The number of hydrazone groups is 1. The van der Waals surface area contributed by atoms with Crippen LogP contribution in [0.15, 0.2) is 27.6 Å². The maximum Gasteiger partial charge on any atom is 0.271 e. The topological polar surface area (TPSA) is 98.7 Å². The number of halogens is 3. The number of hydrazine groups is 2. The second-order valence-corrected chi connectivity index (χ2v) is 9.35. The first-order chi connectivity index (χ1) is 11.7. The summed E-state index contributed by atoms with van der Waals surface area (Å²) in [5.41, 5.74) is 6.32. The van der Waals surface area contributed by atoms with Crippen molar-refractivity contribution in [3.8, 4) is 0 Å². The highest BCUT2D eigenvalue weighted by molar-refractivity contribution is 7.94. The van der Waals surface area contributed by atoms with Crippen molar-refractivity contribution in [3.05, 3.63) is 38.4 Å². The number of thiophene rings is 1. The molecule has 3 N–H and O–H groups in total. The molecule has 2 aromatic rings. The molecule has 2 aromatic heterocycles. The van der Waals surface area contributed by atoms with Crippen LogP contribution in [0, 0.1) is 0 Å². The van der Waals surface area contributed by atoms with Crippen molar-refractivity contribution >= 4 is 67.7 Å². The van der Waals surface area contributed by atoms with E-state index in [1.54, 1.807) is 12.2 Å². The van der Waals surface area contributed by atoms with E-state index < -0.39 is 10.0 Å². The standard InChI is InChI=1S/C12H11Cl3N6O2S2/c1-21-18-10(17-20-21)4-8-9(2-6(13)5-16-8)19-25(22,23)11-3-7(14)12(15)24-11/h2-3,5,19-20H,4H2,1H3,(H,17,18). The molecule has 8 nitrogen and oxygen atoms in total. The fourth-order valence-electron chi connectivity index (χ4n) is 1.97. The fourth-order valence-corrected chi connectivity index (χ4v) is 5.08. The lowest BCUT2D eigenvalue weighted by atomic mass is 10.2. The molecule has 0 unspecified atom stereocenters. The van der Waals surface area contributed by atoms with Gasteiger partial charge < -0.3 is 0 Å². The van der Waals surface area contributed by atoms with Gasteiger partial charge in [0.15, 0.2) is 0 Å². The molecular formula is C12H11Cl3N6O2S2. The summed E-state index contributed by atoms with van der Waals surface area (Å²) < 4.78 is 27.8. The first kappa shape index (κ1) is 18.5. The minimum atomic E-state index is -3.88. The molecule has 0 saturated carbocycles. The molecule has 1 aliphatic heterocycles. The van der Waals surface area contributed by atoms with E-state index >= 15 is 0 Å². The van der Waals surface area contributed by atoms with Gasteiger partial charge in [-0.2, -0.15) is 0 Å². The Bertz CT molecular complexity index is 927. The number of hydrogen-bond donors (Lipinski definition) is 3. The zero-order valence-electron chi connectivity index (χ0n) is 12.5. The lowest BCUT2D eigenvalue weighted by molar-refractivity contribution is 0.231. The van der Waals surface area contributed by atoms with Crippen molar-refractivity contribution < 1.29 is 8.42 Å². The average molecular weight is 442 g/mol. The van der Waals surface area contributed by atoms with Crippen molar-refractivity contribution in [3.63, 3.8) is 0 Å². The number of sulfonamides is 1. The van der Waals surface area contributed by atoms with E-state index in [4.69, 9.17) is 34.8 Å². The van der Waals surface area contributed by atoms with Crippen LogP contribution in [0.4, 0.5) is 5.69 Å². The quantitative estimate of drug-likeness (QED) is 0.660. The molecule has 0 spiro atoms. The van der Waals surface area contributed by atoms with Gasteiger partial charge in [-0.05, 0) is 12.1 Å². The number of nitrogens with one attached hydrogen (secondary N) is 3. The molecule has 0 amide bonds. The van der Waals surface area contributed by atoms with Crippen LogP contribution in [0.3, 0.4) is 0 Å². The van der Waals surface area contributed by atoms with Crippen LogP contribution >= 0.6 is 46.1 Å². The monoisotopic (exact) mass is 440 g/mol. The summed E-state index contributed by atoms with van der Waals surface area (Å²) in [7, 11) is -2.15. The third-order valence-corrected chi connectivity index (χ3v) is 6.95. The van der Waals surface area contributed by atoms with Gasteiger partial charge in [-0.25, -0.2) is 14.0 Å². The van der Waals surface area contributed by atoms with Crippen molar-refractivity contribution in [2.45, 2.75) is 10.6 Å². The summed E-state index contributed by atoms with van der Waals surface area (Å²) in [6.07, 6.45) is 1.69. The van der Waals surface area contributed by atoms with Gasteiger partial charge in [-0.3, -0.25) is 15.1 Å².